The quantitative estimate of drug-likeness (QED) is 0.152. The molecule has 1 aliphatic carbocycles. The lowest BCUT2D eigenvalue weighted by atomic mass is 9.66. The van der Waals surface area contributed by atoms with Crippen molar-refractivity contribution in [3.63, 3.8) is 0 Å². The van der Waals surface area contributed by atoms with Crippen molar-refractivity contribution >= 4 is 121 Å². The maximum absolute atomic E-state index is 6.92. The number of anilines is 6. The first kappa shape index (κ1) is 45.3. The molecule has 0 unspecified atom stereocenters. The lowest BCUT2D eigenvalue weighted by molar-refractivity contribution is 0.669. The first-order chi connectivity index (χ1) is 40.2. The molecule has 81 heavy (non-hydrogen) atoms. The van der Waals surface area contributed by atoms with Gasteiger partial charge in [0, 0.05) is 44.3 Å². The number of para-hydroxylation sites is 4. The van der Waals surface area contributed by atoms with Crippen LogP contribution in [0.2, 0.25) is 0 Å². The van der Waals surface area contributed by atoms with E-state index in [-0.39, 0.29) is 0 Å². The van der Waals surface area contributed by atoms with Crippen LogP contribution in [0.4, 0.5) is 34.1 Å². The second-order valence-electron chi connectivity index (χ2n) is 21.5. The molecule has 0 aliphatic heterocycles. The van der Waals surface area contributed by atoms with Gasteiger partial charge in [-0.25, -0.2) is 0 Å². The summed E-state index contributed by atoms with van der Waals surface area (Å²) in [5.74, 6) is 0. The summed E-state index contributed by atoms with van der Waals surface area (Å²) in [6.45, 7) is 0. The fraction of sp³-hybridized carbons (Fsp3) is 0.0130. The molecule has 0 spiro atoms. The van der Waals surface area contributed by atoms with Crippen LogP contribution in [0.15, 0.2) is 300 Å². The molecule has 4 nitrogen and oxygen atoms in total. The number of fused-ring (bicyclic) bond motifs is 16. The molecule has 2 aromatic heterocycles. The van der Waals surface area contributed by atoms with Gasteiger partial charge in [0.15, 0.2) is 11.2 Å². The van der Waals surface area contributed by atoms with Gasteiger partial charge in [0.2, 0.25) is 0 Å². The Hall–Kier alpha value is -10.7. The third kappa shape index (κ3) is 6.71. The predicted molar refractivity (Wildman–Crippen MR) is 338 cm³/mol. The minimum absolute atomic E-state index is 0.679. The third-order valence-corrected chi connectivity index (χ3v) is 17.2. The van der Waals surface area contributed by atoms with Gasteiger partial charge < -0.3 is 18.6 Å². The molecular formula is C77H48N2O2. The molecule has 0 fully saturated rings. The number of hydrogen-bond donors (Lipinski definition) is 0. The highest BCUT2D eigenvalue weighted by molar-refractivity contribution is 6.22. The Balaban J connectivity index is 0.874. The molecule has 0 atom stereocenters. The van der Waals surface area contributed by atoms with Crippen molar-refractivity contribution in [2.45, 2.75) is 5.41 Å². The molecule has 0 bridgehead atoms. The zero-order chi connectivity index (χ0) is 53.2. The van der Waals surface area contributed by atoms with E-state index in [4.69, 9.17) is 8.83 Å². The summed E-state index contributed by atoms with van der Waals surface area (Å²) in [7, 11) is 0. The highest BCUT2D eigenvalue weighted by Gasteiger charge is 2.47. The van der Waals surface area contributed by atoms with Crippen molar-refractivity contribution in [1.82, 2.24) is 0 Å². The normalized spacial score (nSPS) is 12.8. The maximum Gasteiger partial charge on any atom is 0.159 e. The van der Waals surface area contributed by atoms with Gasteiger partial charge in [0.25, 0.3) is 0 Å². The van der Waals surface area contributed by atoms with Crippen LogP contribution in [-0.4, -0.2) is 0 Å². The van der Waals surface area contributed by atoms with E-state index in [0.717, 1.165) is 88.8 Å². The van der Waals surface area contributed by atoms with Crippen LogP contribution < -0.4 is 9.80 Å². The molecule has 14 aromatic carbocycles. The van der Waals surface area contributed by atoms with E-state index >= 15 is 0 Å². The molecule has 16 aromatic rings. The van der Waals surface area contributed by atoms with Crippen LogP contribution >= 0.6 is 0 Å². The van der Waals surface area contributed by atoms with E-state index < -0.39 is 5.41 Å². The van der Waals surface area contributed by atoms with Gasteiger partial charge in [-0.2, -0.15) is 0 Å². The maximum atomic E-state index is 6.92. The van der Waals surface area contributed by atoms with Crippen molar-refractivity contribution in [3.8, 4) is 11.1 Å². The molecule has 0 saturated carbocycles. The molecule has 0 N–H and O–H groups in total. The van der Waals surface area contributed by atoms with Gasteiger partial charge in [-0.15, -0.1) is 0 Å². The zero-order valence-corrected chi connectivity index (χ0v) is 43.9. The van der Waals surface area contributed by atoms with Gasteiger partial charge in [-0.1, -0.05) is 206 Å². The van der Waals surface area contributed by atoms with Crippen LogP contribution in [0.5, 0.6) is 0 Å². The lowest BCUT2D eigenvalue weighted by Crippen LogP contribution is -2.28. The van der Waals surface area contributed by atoms with Gasteiger partial charge in [-0.3, -0.25) is 0 Å². The van der Waals surface area contributed by atoms with Gasteiger partial charge in [0.05, 0.1) is 16.8 Å². The van der Waals surface area contributed by atoms with Crippen molar-refractivity contribution in [1.29, 1.82) is 0 Å². The third-order valence-electron chi connectivity index (χ3n) is 17.2. The number of furan rings is 2. The number of benzene rings is 14. The van der Waals surface area contributed by atoms with E-state index in [2.05, 4.69) is 301 Å². The average molecular weight is 1030 g/mol. The standard InChI is InChI=1S/C77H48N2O2/c1-5-21-54(22-6-1)77(55-23-7-2-8-24-55)67-48-53-46-58(78(56-25-9-3-10-26-56)68-33-17-31-64-72-60-29-15-13-19-49(60)37-43-70(72)80-75(64)68)39-35-51(53)47-66(67)63-41-36-52-45-59(40-42-62(52)74(63)77)79(57-27-11-4-12-28-57)69-34-18-32-65-73-61-30-16-14-20-50(61)38-44-71(73)81-76(65)69/h1-48H. The lowest BCUT2D eigenvalue weighted by Gasteiger charge is -2.35. The Kier molecular flexibility index (Phi) is 9.89. The minimum Gasteiger partial charge on any atom is -0.454 e. The summed E-state index contributed by atoms with van der Waals surface area (Å²) in [5.41, 5.74) is 16.4. The van der Waals surface area contributed by atoms with E-state index in [1.165, 1.54) is 65.7 Å². The highest BCUT2D eigenvalue weighted by atomic mass is 16.3. The van der Waals surface area contributed by atoms with Crippen molar-refractivity contribution in [2.24, 2.45) is 0 Å². The van der Waals surface area contributed by atoms with Crippen molar-refractivity contribution in [3.05, 3.63) is 313 Å². The number of rotatable bonds is 8. The van der Waals surface area contributed by atoms with Gasteiger partial charge in [0.1, 0.15) is 11.2 Å². The summed E-state index contributed by atoms with van der Waals surface area (Å²) in [5, 5.41) is 13.9. The molecular weight excluding hydrogens is 985 g/mol. The van der Waals surface area contributed by atoms with Crippen LogP contribution in [0.25, 0.3) is 98.1 Å². The molecule has 17 rings (SSSR count). The predicted octanol–water partition coefficient (Wildman–Crippen LogP) is 21.4. The van der Waals surface area contributed by atoms with Gasteiger partial charge >= 0.3 is 0 Å². The zero-order valence-electron chi connectivity index (χ0n) is 43.9. The average Bonchev–Trinajstić information content (AvgIpc) is 4.40. The van der Waals surface area contributed by atoms with Crippen molar-refractivity contribution < 1.29 is 8.83 Å². The summed E-state index contributed by atoms with van der Waals surface area (Å²) in [6, 6.07) is 106. The summed E-state index contributed by atoms with van der Waals surface area (Å²) < 4.78 is 13.8. The smallest absolute Gasteiger partial charge is 0.159 e. The summed E-state index contributed by atoms with van der Waals surface area (Å²) in [4.78, 5) is 4.71. The molecule has 378 valence electrons. The monoisotopic (exact) mass is 1030 g/mol. The number of hydrogen-bond acceptors (Lipinski definition) is 4. The van der Waals surface area contributed by atoms with E-state index in [1.807, 2.05) is 0 Å². The Bertz CT molecular complexity index is 5140. The number of nitrogens with zero attached hydrogens (tertiary/aromatic N) is 2. The summed E-state index contributed by atoms with van der Waals surface area (Å²) >= 11 is 0. The first-order valence-corrected chi connectivity index (χ1v) is 27.8. The minimum atomic E-state index is -0.679. The van der Waals surface area contributed by atoms with E-state index in [0.29, 0.717) is 0 Å². The summed E-state index contributed by atoms with van der Waals surface area (Å²) in [6.07, 6.45) is 0. The molecule has 0 amide bonds. The SMILES string of the molecule is c1ccc(N(c2ccc3cc4c(cc3c2)C(c2ccccc2)(c2ccccc2)c2c-4ccc3cc(N(c4ccccc4)c4cccc5c4oc4ccc6ccccc6c45)ccc23)c2cccc3c2oc2ccc4ccccc4c23)cc1. The molecule has 1 aliphatic rings. The molecule has 4 heteroatoms. The van der Waals surface area contributed by atoms with E-state index in [1.54, 1.807) is 0 Å². The van der Waals surface area contributed by atoms with Gasteiger partial charge in [-0.05, 0) is 161 Å². The fourth-order valence-electron chi connectivity index (χ4n) is 13.8. The Morgan fingerprint density at radius 3 is 1.28 bits per heavy atom. The van der Waals surface area contributed by atoms with Crippen LogP contribution in [0, 0.1) is 0 Å². The van der Waals surface area contributed by atoms with Crippen LogP contribution in [-0.2, 0) is 5.41 Å². The topological polar surface area (TPSA) is 32.8 Å². The van der Waals surface area contributed by atoms with Crippen molar-refractivity contribution in [2.75, 3.05) is 9.80 Å². The Labute approximate surface area is 467 Å². The van der Waals surface area contributed by atoms with Crippen LogP contribution in [0.3, 0.4) is 0 Å². The largest absolute Gasteiger partial charge is 0.454 e. The highest BCUT2D eigenvalue weighted by Crippen LogP contribution is 2.60. The second-order valence-corrected chi connectivity index (χ2v) is 21.5. The molecule has 0 radical (unpaired) electrons. The Morgan fingerprint density at radius 2 is 0.728 bits per heavy atom. The molecule has 2 heterocycles. The fourth-order valence-corrected chi connectivity index (χ4v) is 13.8. The molecule has 0 saturated heterocycles. The van der Waals surface area contributed by atoms with Crippen LogP contribution in [0.1, 0.15) is 22.3 Å². The first-order valence-electron chi connectivity index (χ1n) is 27.8. The second kappa shape index (κ2) is 17.7. The van der Waals surface area contributed by atoms with E-state index in [9.17, 15) is 0 Å². The Morgan fingerprint density at radius 1 is 0.272 bits per heavy atom.